The van der Waals surface area contributed by atoms with Crippen LogP contribution in [0.3, 0.4) is 0 Å². The minimum absolute atomic E-state index is 0. The van der Waals surface area contributed by atoms with E-state index in [2.05, 4.69) is 39.4 Å². The molecule has 3 nitrogen and oxygen atoms in total. The van der Waals surface area contributed by atoms with Crippen molar-refractivity contribution in [1.29, 1.82) is 0 Å². The summed E-state index contributed by atoms with van der Waals surface area (Å²) in [6, 6.07) is 0. The van der Waals surface area contributed by atoms with Crippen LogP contribution in [0.4, 0.5) is 0 Å². The van der Waals surface area contributed by atoms with Crippen LogP contribution in [-0.2, 0) is 0 Å². The molecule has 1 aliphatic carbocycles. The number of hydrogen-bond donors (Lipinski definition) is 2. The first-order valence-electron chi connectivity index (χ1n) is 7.50. The molecule has 1 rings (SSSR count). The van der Waals surface area contributed by atoms with Crippen LogP contribution in [0, 0.1) is 5.41 Å². The highest BCUT2D eigenvalue weighted by molar-refractivity contribution is 5.26. The van der Waals surface area contributed by atoms with E-state index in [-0.39, 0.29) is 12.4 Å². The summed E-state index contributed by atoms with van der Waals surface area (Å²) in [4.78, 5) is 0. The summed E-state index contributed by atoms with van der Waals surface area (Å²) in [7, 11) is 6.81. The molecule has 0 aromatic heterocycles. The number of nitrogens with two attached hydrogens (primary N) is 2. The predicted molar refractivity (Wildman–Crippen MR) is 83.7 cm³/mol. The average molecular weight is 302 g/mol. The summed E-state index contributed by atoms with van der Waals surface area (Å²) in [6.07, 6.45) is 12.8. The Bertz CT molecular complexity index is 331. The van der Waals surface area contributed by atoms with Crippen LogP contribution in [0.1, 0.15) is 32.1 Å². The van der Waals surface area contributed by atoms with Crippen LogP contribution < -0.4 is 23.9 Å². The highest BCUT2D eigenvalue weighted by Gasteiger charge is 2.33. The summed E-state index contributed by atoms with van der Waals surface area (Å²) >= 11 is 0. The molecular weight excluding hydrogens is 270 g/mol. The van der Waals surface area contributed by atoms with E-state index in [1.807, 2.05) is 0 Å². The van der Waals surface area contributed by atoms with Crippen molar-refractivity contribution >= 4 is 0 Å². The van der Waals surface area contributed by atoms with Gasteiger partial charge in [-0.05, 0) is 45.2 Å². The Morgan fingerprint density at radius 2 is 1.80 bits per heavy atom. The Labute approximate surface area is 131 Å². The van der Waals surface area contributed by atoms with Gasteiger partial charge in [0.15, 0.2) is 0 Å². The molecule has 1 atom stereocenters. The molecule has 0 spiro atoms. The van der Waals surface area contributed by atoms with Crippen molar-refractivity contribution in [1.82, 2.24) is 0 Å². The topological polar surface area (TPSA) is 52.0 Å². The first-order chi connectivity index (χ1) is 8.91. The van der Waals surface area contributed by atoms with Gasteiger partial charge in [0.05, 0.1) is 27.7 Å². The molecule has 0 aliphatic heterocycles. The second-order valence-electron chi connectivity index (χ2n) is 6.91. The van der Waals surface area contributed by atoms with Crippen LogP contribution in [-0.4, -0.2) is 45.3 Å². The Balaban J connectivity index is 0.00000361. The molecule has 0 saturated heterocycles. The van der Waals surface area contributed by atoms with Gasteiger partial charge in [-0.25, -0.2) is 0 Å². The molecule has 0 amide bonds. The quantitative estimate of drug-likeness (QED) is 0.568. The van der Waals surface area contributed by atoms with Gasteiger partial charge in [-0.1, -0.05) is 23.8 Å². The smallest absolute Gasteiger partial charge is 0.0875 e. The molecule has 0 aromatic rings. The number of hydrogen-bond acceptors (Lipinski definition) is 2. The lowest BCUT2D eigenvalue weighted by Gasteiger charge is -2.38. The molecular formula is C16H32ClN3. The fourth-order valence-electron chi connectivity index (χ4n) is 3.03. The van der Waals surface area contributed by atoms with Gasteiger partial charge in [0, 0.05) is 5.41 Å². The monoisotopic (exact) mass is 301 g/mol. The first kappa shape index (κ1) is 19.7. The van der Waals surface area contributed by atoms with Crippen molar-refractivity contribution < 1.29 is 16.9 Å². The summed E-state index contributed by atoms with van der Waals surface area (Å²) in [6.45, 7) is 2.74. The zero-order chi connectivity index (χ0) is 14.4. The lowest BCUT2D eigenvalue weighted by molar-refractivity contribution is -0.876. The maximum atomic E-state index is 5.70. The third-order valence-corrected chi connectivity index (χ3v) is 3.76. The van der Waals surface area contributed by atoms with E-state index in [0.717, 1.165) is 43.3 Å². The van der Waals surface area contributed by atoms with Crippen molar-refractivity contribution in [2.24, 2.45) is 16.9 Å². The number of rotatable bonds is 8. The highest BCUT2D eigenvalue weighted by Crippen LogP contribution is 2.37. The van der Waals surface area contributed by atoms with Crippen molar-refractivity contribution in [2.75, 3.05) is 40.8 Å². The minimum atomic E-state index is 0. The molecule has 20 heavy (non-hydrogen) atoms. The van der Waals surface area contributed by atoms with Crippen molar-refractivity contribution in [3.05, 3.63) is 23.8 Å². The molecule has 0 fully saturated rings. The van der Waals surface area contributed by atoms with Crippen LogP contribution in [0.25, 0.3) is 0 Å². The van der Waals surface area contributed by atoms with Crippen LogP contribution in [0.5, 0.6) is 0 Å². The zero-order valence-corrected chi connectivity index (χ0v) is 14.1. The van der Waals surface area contributed by atoms with Gasteiger partial charge in [0.1, 0.15) is 0 Å². The van der Waals surface area contributed by atoms with Crippen LogP contribution in [0.15, 0.2) is 23.8 Å². The highest BCUT2D eigenvalue weighted by atomic mass is 35.5. The van der Waals surface area contributed by atoms with E-state index < -0.39 is 0 Å². The van der Waals surface area contributed by atoms with Crippen molar-refractivity contribution in [2.45, 2.75) is 32.1 Å². The number of allylic oxidation sites excluding steroid dienone is 3. The number of nitrogens with zero attached hydrogens (tertiary/aromatic N) is 1. The summed E-state index contributed by atoms with van der Waals surface area (Å²) in [5, 5.41) is 0. The largest absolute Gasteiger partial charge is 1.00 e. The molecule has 4 heteroatoms. The molecule has 0 aromatic carbocycles. The lowest BCUT2D eigenvalue weighted by atomic mass is 9.75. The van der Waals surface area contributed by atoms with E-state index in [1.54, 1.807) is 0 Å². The lowest BCUT2D eigenvalue weighted by Crippen LogP contribution is -3.00. The fourth-order valence-corrected chi connectivity index (χ4v) is 3.03. The molecule has 0 heterocycles. The third kappa shape index (κ3) is 6.89. The number of halogens is 1. The third-order valence-electron chi connectivity index (χ3n) is 3.76. The Morgan fingerprint density at radius 3 is 2.25 bits per heavy atom. The predicted octanol–water partition coefficient (Wildman–Crippen LogP) is -0.953. The van der Waals surface area contributed by atoms with Gasteiger partial charge in [-0.15, -0.1) is 0 Å². The Kier molecular flexibility index (Phi) is 8.68. The van der Waals surface area contributed by atoms with Crippen molar-refractivity contribution in [3.8, 4) is 0 Å². The number of quaternary nitrogens is 1. The SMILES string of the molecule is C[N+](C)(C)CC1(CCCN)C=CC(CCCN)=CC1.[Cl-]. The first-order valence-corrected chi connectivity index (χ1v) is 7.50. The van der Waals surface area contributed by atoms with E-state index in [4.69, 9.17) is 11.5 Å². The Morgan fingerprint density at radius 1 is 1.15 bits per heavy atom. The van der Waals surface area contributed by atoms with Gasteiger partial charge >= 0.3 is 0 Å². The van der Waals surface area contributed by atoms with Gasteiger partial charge < -0.3 is 28.4 Å². The van der Waals surface area contributed by atoms with Gasteiger partial charge in [0.2, 0.25) is 0 Å². The standard InChI is InChI=1S/C16H32N3.ClH/c1-19(2,3)14-16(9-5-13-18)10-7-15(8-11-16)6-4-12-17;/h7-8,10H,4-6,9,11-14,17-18H2,1-3H3;1H/q+1;/p-1. The van der Waals surface area contributed by atoms with Crippen LogP contribution >= 0.6 is 0 Å². The molecule has 1 unspecified atom stereocenters. The summed E-state index contributed by atoms with van der Waals surface area (Å²) in [5.41, 5.74) is 13.0. The zero-order valence-electron chi connectivity index (χ0n) is 13.4. The second kappa shape index (κ2) is 8.83. The normalized spacial score (nSPS) is 22.4. The molecule has 4 N–H and O–H groups in total. The molecule has 0 bridgehead atoms. The second-order valence-corrected chi connectivity index (χ2v) is 6.91. The molecule has 0 radical (unpaired) electrons. The maximum absolute atomic E-state index is 5.70. The average Bonchev–Trinajstić information content (AvgIpc) is 2.34. The van der Waals surface area contributed by atoms with Crippen molar-refractivity contribution in [3.63, 3.8) is 0 Å². The van der Waals surface area contributed by atoms with E-state index in [9.17, 15) is 0 Å². The summed E-state index contributed by atoms with van der Waals surface area (Å²) in [5.74, 6) is 0. The summed E-state index contributed by atoms with van der Waals surface area (Å²) < 4.78 is 1.00. The van der Waals surface area contributed by atoms with E-state index in [1.165, 1.54) is 18.5 Å². The van der Waals surface area contributed by atoms with Crippen LogP contribution in [0.2, 0.25) is 0 Å². The van der Waals surface area contributed by atoms with E-state index >= 15 is 0 Å². The van der Waals surface area contributed by atoms with Gasteiger partial charge in [-0.2, -0.15) is 0 Å². The Hall–Kier alpha value is -0.350. The molecule has 1 aliphatic rings. The van der Waals surface area contributed by atoms with Gasteiger partial charge in [-0.3, -0.25) is 0 Å². The van der Waals surface area contributed by atoms with E-state index in [0.29, 0.717) is 5.41 Å². The fraction of sp³-hybridized carbons (Fsp3) is 0.750. The maximum Gasteiger partial charge on any atom is 0.0875 e. The van der Waals surface area contributed by atoms with Gasteiger partial charge in [0.25, 0.3) is 0 Å². The minimum Gasteiger partial charge on any atom is -1.00 e. The molecule has 0 saturated carbocycles. The molecule has 118 valence electrons.